The van der Waals surface area contributed by atoms with Gasteiger partial charge in [-0.15, -0.1) is 6.58 Å². The van der Waals surface area contributed by atoms with Gasteiger partial charge in [0.2, 0.25) is 5.88 Å². The first-order chi connectivity index (χ1) is 8.79. The van der Waals surface area contributed by atoms with Gasteiger partial charge in [-0.2, -0.15) is 0 Å². The summed E-state index contributed by atoms with van der Waals surface area (Å²) in [4.78, 5) is 4.25. The van der Waals surface area contributed by atoms with Crippen LogP contribution in [-0.2, 0) is 6.54 Å². The second-order valence-corrected chi connectivity index (χ2v) is 4.97. The van der Waals surface area contributed by atoms with Crippen LogP contribution in [0.4, 0.5) is 0 Å². The lowest BCUT2D eigenvalue weighted by Crippen LogP contribution is -2.15. The summed E-state index contributed by atoms with van der Waals surface area (Å²) in [5.41, 5.74) is 1.10. The summed E-state index contributed by atoms with van der Waals surface area (Å²) >= 11 is 6.14. The second kappa shape index (κ2) is 6.76. The van der Waals surface area contributed by atoms with Crippen molar-refractivity contribution in [1.29, 1.82) is 0 Å². The van der Waals surface area contributed by atoms with Crippen LogP contribution in [0.5, 0.6) is 5.88 Å². The summed E-state index contributed by atoms with van der Waals surface area (Å²) < 4.78 is 5.52. The highest BCUT2D eigenvalue weighted by molar-refractivity contribution is 6.31. The molecule has 0 saturated heterocycles. The first-order valence-electron chi connectivity index (χ1n) is 6.41. The molecule has 0 atom stereocenters. The number of pyridine rings is 1. The zero-order valence-electron chi connectivity index (χ0n) is 10.5. The van der Waals surface area contributed by atoms with Gasteiger partial charge in [-0.1, -0.05) is 17.7 Å². The molecule has 1 aliphatic carbocycles. The van der Waals surface area contributed by atoms with Crippen LogP contribution < -0.4 is 10.1 Å². The third kappa shape index (κ3) is 4.31. The predicted molar refractivity (Wildman–Crippen MR) is 74.0 cm³/mol. The number of halogens is 1. The van der Waals surface area contributed by atoms with E-state index in [1.165, 1.54) is 12.8 Å². The Morgan fingerprint density at radius 3 is 3.06 bits per heavy atom. The van der Waals surface area contributed by atoms with Crippen molar-refractivity contribution in [3.8, 4) is 5.88 Å². The molecule has 3 nitrogen and oxygen atoms in total. The van der Waals surface area contributed by atoms with Crippen molar-refractivity contribution in [3.63, 3.8) is 0 Å². The Balaban J connectivity index is 1.81. The quantitative estimate of drug-likeness (QED) is 0.579. The highest BCUT2D eigenvalue weighted by atomic mass is 35.5. The van der Waals surface area contributed by atoms with Gasteiger partial charge in [0.15, 0.2) is 0 Å². The van der Waals surface area contributed by atoms with Crippen LogP contribution >= 0.6 is 11.6 Å². The summed E-state index contributed by atoms with van der Waals surface area (Å²) in [6, 6.07) is 2.62. The zero-order chi connectivity index (χ0) is 12.8. The van der Waals surface area contributed by atoms with Gasteiger partial charge in [-0.05, 0) is 37.3 Å². The molecule has 0 amide bonds. The maximum atomic E-state index is 6.14. The summed E-state index contributed by atoms with van der Waals surface area (Å²) in [5, 5.41) is 4.02. The maximum absolute atomic E-state index is 6.14. The van der Waals surface area contributed by atoms with Gasteiger partial charge in [-0.25, -0.2) is 4.98 Å². The number of rotatable bonds is 8. The highest BCUT2D eigenvalue weighted by Gasteiger charge is 2.20. The number of ether oxygens (including phenoxy) is 1. The molecule has 0 spiro atoms. The Kier molecular flexibility index (Phi) is 5.02. The average molecular weight is 267 g/mol. The summed E-state index contributed by atoms with van der Waals surface area (Å²) in [6.45, 7) is 5.12. The minimum Gasteiger partial charge on any atom is -0.477 e. The number of hydrogen-bond donors (Lipinski definition) is 1. The van der Waals surface area contributed by atoms with Crippen molar-refractivity contribution in [2.75, 3.05) is 6.61 Å². The monoisotopic (exact) mass is 266 g/mol. The molecule has 4 heteroatoms. The summed E-state index contributed by atoms with van der Waals surface area (Å²) in [6.07, 6.45) is 8.15. The van der Waals surface area contributed by atoms with Gasteiger partial charge < -0.3 is 10.1 Å². The molecule has 1 fully saturated rings. The lowest BCUT2D eigenvalue weighted by atomic mass is 10.3. The van der Waals surface area contributed by atoms with Crippen LogP contribution in [0.25, 0.3) is 0 Å². The van der Waals surface area contributed by atoms with Crippen molar-refractivity contribution in [2.45, 2.75) is 38.3 Å². The van der Waals surface area contributed by atoms with Crippen molar-refractivity contribution in [2.24, 2.45) is 0 Å². The molecule has 2 rings (SSSR count). The van der Waals surface area contributed by atoms with Crippen LogP contribution in [0, 0.1) is 0 Å². The highest BCUT2D eigenvalue weighted by Crippen LogP contribution is 2.24. The summed E-state index contributed by atoms with van der Waals surface area (Å²) in [7, 11) is 0. The van der Waals surface area contributed by atoms with E-state index in [1.807, 2.05) is 18.3 Å². The maximum Gasteiger partial charge on any atom is 0.232 e. The summed E-state index contributed by atoms with van der Waals surface area (Å²) in [5.74, 6) is 0.524. The third-order valence-electron chi connectivity index (χ3n) is 2.83. The lowest BCUT2D eigenvalue weighted by Gasteiger charge is -2.08. The molecule has 0 unspecified atom stereocenters. The van der Waals surface area contributed by atoms with E-state index in [-0.39, 0.29) is 0 Å². The van der Waals surface area contributed by atoms with Crippen LogP contribution in [0.1, 0.15) is 31.2 Å². The SMILES string of the molecule is C=CCCCOc1ncc(CNC2CC2)cc1Cl. The first-order valence-corrected chi connectivity index (χ1v) is 6.79. The Morgan fingerprint density at radius 2 is 2.39 bits per heavy atom. The molecule has 0 radical (unpaired) electrons. The molecule has 0 aliphatic heterocycles. The fourth-order valence-corrected chi connectivity index (χ4v) is 1.86. The molecule has 1 aliphatic rings. The second-order valence-electron chi connectivity index (χ2n) is 4.57. The minimum absolute atomic E-state index is 0.524. The van der Waals surface area contributed by atoms with Gasteiger partial charge >= 0.3 is 0 Å². The standard InChI is InChI=1S/C14H19ClN2O/c1-2-3-4-7-18-14-13(15)8-11(10-17-14)9-16-12-5-6-12/h2,8,10,12,16H,1,3-7,9H2. The molecular formula is C14H19ClN2O. The number of unbranched alkanes of at least 4 members (excludes halogenated alkanes) is 1. The van der Waals surface area contributed by atoms with E-state index in [4.69, 9.17) is 16.3 Å². The predicted octanol–water partition coefficient (Wildman–Crippen LogP) is 3.33. The van der Waals surface area contributed by atoms with E-state index in [0.717, 1.165) is 24.9 Å². The molecular weight excluding hydrogens is 248 g/mol. The largest absolute Gasteiger partial charge is 0.477 e. The normalized spacial score (nSPS) is 14.5. The first kappa shape index (κ1) is 13.4. The molecule has 1 aromatic heterocycles. The van der Waals surface area contributed by atoms with Gasteiger partial charge in [-0.3, -0.25) is 0 Å². The zero-order valence-corrected chi connectivity index (χ0v) is 11.2. The fourth-order valence-electron chi connectivity index (χ4n) is 1.61. The Labute approximate surface area is 113 Å². The molecule has 98 valence electrons. The minimum atomic E-state index is 0.524. The van der Waals surface area contributed by atoms with Gasteiger partial charge in [0.25, 0.3) is 0 Å². The molecule has 0 aromatic carbocycles. The molecule has 0 bridgehead atoms. The van der Waals surface area contributed by atoms with E-state index >= 15 is 0 Å². The number of nitrogens with zero attached hydrogens (tertiary/aromatic N) is 1. The molecule has 1 aromatic rings. The van der Waals surface area contributed by atoms with E-state index < -0.39 is 0 Å². The Hall–Kier alpha value is -1.06. The van der Waals surface area contributed by atoms with E-state index in [0.29, 0.717) is 23.6 Å². The molecule has 1 heterocycles. The third-order valence-corrected chi connectivity index (χ3v) is 3.10. The topological polar surface area (TPSA) is 34.1 Å². The van der Waals surface area contributed by atoms with E-state index in [9.17, 15) is 0 Å². The van der Waals surface area contributed by atoms with E-state index in [2.05, 4.69) is 16.9 Å². The van der Waals surface area contributed by atoms with Crippen LogP contribution in [0.15, 0.2) is 24.9 Å². The molecule has 1 saturated carbocycles. The smallest absolute Gasteiger partial charge is 0.232 e. The number of allylic oxidation sites excluding steroid dienone is 1. The van der Waals surface area contributed by atoms with Crippen LogP contribution in [0.2, 0.25) is 5.02 Å². The lowest BCUT2D eigenvalue weighted by molar-refractivity contribution is 0.300. The fraction of sp³-hybridized carbons (Fsp3) is 0.500. The van der Waals surface area contributed by atoms with Crippen molar-refractivity contribution in [1.82, 2.24) is 10.3 Å². The van der Waals surface area contributed by atoms with Crippen molar-refractivity contribution in [3.05, 3.63) is 35.5 Å². The Morgan fingerprint density at radius 1 is 1.56 bits per heavy atom. The van der Waals surface area contributed by atoms with Gasteiger partial charge in [0.05, 0.1) is 6.61 Å². The van der Waals surface area contributed by atoms with Crippen LogP contribution in [0.3, 0.4) is 0 Å². The van der Waals surface area contributed by atoms with Crippen molar-refractivity contribution >= 4 is 11.6 Å². The van der Waals surface area contributed by atoms with Crippen molar-refractivity contribution < 1.29 is 4.74 Å². The molecule has 1 N–H and O–H groups in total. The number of aromatic nitrogens is 1. The van der Waals surface area contributed by atoms with Gasteiger partial charge in [0.1, 0.15) is 5.02 Å². The van der Waals surface area contributed by atoms with Crippen LogP contribution in [-0.4, -0.2) is 17.6 Å². The Bertz CT molecular complexity index is 405. The van der Waals surface area contributed by atoms with E-state index in [1.54, 1.807) is 0 Å². The number of hydrogen-bond acceptors (Lipinski definition) is 3. The average Bonchev–Trinajstić information content (AvgIpc) is 3.18. The van der Waals surface area contributed by atoms with Gasteiger partial charge in [0, 0.05) is 18.8 Å². The molecule has 18 heavy (non-hydrogen) atoms. The number of nitrogens with one attached hydrogen (secondary N) is 1.